The average Bonchev–Trinajstić information content (AvgIpc) is 2.79. The van der Waals surface area contributed by atoms with Crippen LogP contribution in [0.3, 0.4) is 0 Å². The molecule has 0 saturated heterocycles. The number of nitrogens with one attached hydrogen (secondary N) is 1. The van der Waals surface area contributed by atoms with Crippen LogP contribution in [0.25, 0.3) is 0 Å². The third kappa shape index (κ3) is 5.65. The predicted octanol–water partition coefficient (Wildman–Crippen LogP) is 5.12. The van der Waals surface area contributed by atoms with Gasteiger partial charge in [0, 0.05) is 19.8 Å². The smallest absolute Gasteiger partial charge is 0.335 e. The van der Waals surface area contributed by atoms with E-state index in [0.29, 0.717) is 22.9 Å². The van der Waals surface area contributed by atoms with Crippen molar-refractivity contribution in [3.8, 4) is 0 Å². The van der Waals surface area contributed by atoms with Crippen molar-refractivity contribution in [1.29, 1.82) is 0 Å². The summed E-state index contributed by atoms with van der Waals surface area (Å²) < 4.78 is 0. The van der Waals surface area contributed by atoms with Gasteiger partial charge in [-0.3, -0.25) is 4.79 Å². The lowest BCUT2D eigenvalue weighted by Gasteiger charge is -2.22. The van der Waals surface area contributed by atoms with Crippen LogP contribution in [0.4, 0.5) is 5.82 Å². The molecule has 6 nitrogen and oxygen atoms in total. The number of halogens is 1. The maximum atomic E-state index is 13.1. The summed E-state index contributed by atoms with van der Waals surface area (Å²) in [6, 6.07) is 16.0. The van der Waals surface area contributed by atoms with E-state index in [1.807, 2.05) is 31.0 Å². The Morgan fingerprint density at radius 1 is 1.12 bits per heavy atom. The number of hydrogen-bond acceptors (Lipinski definition) is 4. The Balaban J connectivity index is 1.79. The number of carbonyl (C=O) groups excluding carboxylic acids is 1. The number of hydrogen-bond donors (Lipinski definition) is 2. The summed E-state index contributed by atoms with van der Waals surface area (Å²) in [5, 5.41) is 12.4. The highest BCUT2D eigenvalue weighted by molar-refractivity contribution is 6.31. The quantitative estimate of drug-likeness (QED) is 0.496. The van der Waals surface area contributed by atoms with Gasteiger partial charge in [-0.05, 0) is 48.2 Å². The van der Waals surface area contributed by atoms with Crippen molar-refractivity contribution >= 4 is 29.3 Å². The van der Waals surface area contributed by atoms with Crippen LogP contribution in [0.2, 0.25) is 5.02 Å². The fourth-order valence-electron chi connectivity index (χ4n) is 3.47. The van der Waals surface area contributed by atoms with Gasteiger partial charge < -0.3 is 15.3 Å². The minimum atomic E-state index is -0.990. The molecule has 2 N–H and O–H groups in total. The van der Waals surface area contributed by atoms with Crippen LogP contribution >= 0.6 is 11.6 Å². The van der Waals surface area contributed by atoms with Gasteiger partial charge in [0.05, 0.1) is 22.2 Å². The molecule has 1 aromatic heterocycles. The van der Waals surface area contributed by atoms with Crippen molar-refractivity contribution in [1.82, 2.24) is 10.3 Å². The Morgan fingerprint density at radius 3 is 2.47 bits per heavy atom. The van der Waals surface area contributed by atoms with E-state index in [1.165, 1.54) is 23.9 Å². The molecule has 0 saturated carbocycles. The summed E-state index contributed by atoms with van der Waals surface area (Å²) >= 11 is 6.15. The molecule has 3 aromatic rings. The van der Waals surface area contributed by atoms with E-state index in [0.717, 1.165) is 17.5 Å². The zero-order valence-corrected chi connectivity index (χ0v) is 19.1. The number of nitrogens with zero attached hydrogens (tertiary/aromatic N) is 2. The largest absolute Gasteiger partial charge is 0.478 e. The number of aryl methyl sites for hydroxylation is 1. The van der Waals surface area contributed by atoms with Gasteiger partial charge >= 0.3 is 5.97 Å². The molecule has 0 aliphatic heterocycles. The second-order valence-electron chi connectivity index (χ2n) is 7.68. The number of carbonyl (C=O) groups is 2. The topological polar surface area (TPSA) is 82.5 Å². The van der Waals surface area contributed by atoms with Gasteiger partial charge in [0.1, 0.15) is 5.82 Å². The van der Waals surface area contributed by atoms with E-state index >= 15 is 0 Å². The fourth-order valence-corrected chi connectivity index (χ4v) is 3.63. The Hall–Kier alpha value is -3.38. The van der Waals surface area contributed by atoms with Gasteiger partial charge in [0.15, 0.2) is 0 Å². The van der Waals surface area contributed by atoms with Crippen LogP contribution < -0.4 is 10.2 Å². The Kier molecular flexibility index (Phi) is 7.49. The van der Waals surface area contributed by atoms with Gasteiger partial charge in [-0.2, -0.15) is 0 Å². The molecule has 0 radical (unpaired) electrons. The van der Waals surface area contributed by atoms with E-state index in [4.69, 9.17) is 16.7 Å². The molecule has 0 bridgehead atoms. The number of rotatable bonds is 8. The van der Waals surface area contributed by atoms with Crippen LogP contribution in [0.15, 0.2) is 60.8 Å². The molecule has 0 aliphatic carbocycles. The molecule has 1 atom stereocenters. The summed E-state index contributed by atoms with van der Waals surface area (Å²) in [4.78, 5) is 30.5. The third-order valence-corrected chi connectivity index (χ3v) is 5.47. The van der Waals surface area contributed by atoms with Gasteiger partial charge in [0.2, 0.25) is 0 Å². The second-order valence-corrected chi connectivity index (χ2v) is 8.11. The summed E-state index contributed by atoms with van der Waals surface area (Å²) in [6.07, 6.45) is 2.48. The number of aromatic nitrogens is 1. The molecule has 1 unspecified atom stereocenters. The van der Waals surface area contributed by atoms with Crippen molar-refractivity contribution in [3.63, 3.8) is 0 Å². The first-order chi connectivity index (χ1) is 15.3. The van der Waals surface area contributed by atoms with Crippen LogP contribution in [-0.2, 0) is 13.0 Å². The van der Waals surface area contributed by atoms with Crippen LogP contribution in [0, 0.1) is 0 Å². The molecule has 1 amide bonds. The van der Waals surface area contributed by atoms with E-state index in [9.17, 15) is 9.59 Å². The number of aromatic carboxylic acids is 1. The molecular formula is C25H26ClN3O3. The lowest BCUT2D eigenvalue weighted by Crippen LogP contribution is -2.29. The average molecular weight is 452 g/mol. The SMILES string of the molecule is CCc1cccc(CN(C)c2ncc(Cl)cc2C(=O)NC(C)c2ccc(C(=O)O)cc2)c1. The molecule has 0 spiro atoms. The highest BCUT2D eigenvalue weighted by atomic mass is 35.5. The van der Waals surface area contributed by atoms with Gasteiger partial charge in [-0.25, -0.2) is 9.78 Å². The highest BCUT2D eigenvalue weighted by Crippen LogP contribution is 2.24. The normalized spacial score (nSPS) is 11.6. The summed E-state index contributed by atoms with van der Waals surface area (Å²) in [5.41, 5.74) is 3.75. The lowest BCUT2D eigenvalue weighted by molar-refractivity contribution is 0.0696. The maximum Gasteiger partial charge on any atom is 0.335 e. The standard InChI is InChI=1S/C25H26ClN3O3/c1-4-17-6-5-7-18(12-17)15-29(3)23-22(13-21(26)14-27-23)24(30)28-16(2)19-8-10-20(11-9-19)25(31)32/h5-14,16H,4,15H2,1-3H3,(H,28,30)(H,31,32). The Bertz CT molecular complexity index is 1120. The molecule has 1 heterocycles. The lowest BCUT2D eigenvalue weighted by atomic mass is 10.1. The zero-order valence-electron chi connectivity index (χ0n) is 18.3. The summed E-state index contributed by atoms with van der Waals surface area (Å²) in [6.45, 7) is 4.54. The van der Waals surface area contributed by atoms with Crippen molar-refractivity contribution in [2.75, 3.05) is 11.9 Å². The highest BCUT2D eigenvalue weighted by Gasteiger charge is 2.19. The number of carboxylic acid groups (broad SMARTS) is 1. The third-order valence-electron chi connectivity index (χ3n) is 5.26. The predicted molar refractivity (Wildman–Crippen MR) is 126 cm³/mol. The summed E-state index contributed by atoms with van der Waals surface area (Å²) in [5.74, 6) is -0.767. The molecule has 0 fully saturated rings. The van der Waals surface area contributed by atoms with Crippen molar-refractivity contribution in [2.24, 2.45) is 0 Å². The van der Waals surface area contributed by atoms with Gasteiger partial charge in [-0.15, -0.1) is 0 Å². The molecular weight excluding hydrogens is 426 g/mol. The Labute approximate surface area is 192 Å². The molecule has 3 rings (SSSR count). The number of anilines is 1. The van der Waals surface area contributed by atoms with Gasteiger partial charge in [-0.1, -0.05) is 54.9 Å². The molecule has 32 heavy (non-hydrogen) atoms. The first-order valence-electron chi connectivity index (χ1n) is 10.4. The first-order valence-corrected chi connectivity index (χ1v) is 10.7. The summed E-state index contributed by atoms with van der Waals surface area (Å²) in [7, 11) is 1.89. The van der Waals surface area contributed by atoms with Crippen LogP contribution in [0.5, 0.6) is 0 Å². The van der Waals surface area contributed by atoms with Crippen molar-refractivity contribution in [2.45, 2.75) is 32.9 Å². The van der Waals surface area contributed by atoms with E-state index < -0.39 is 5.97 Å². The maximum absolute atomic E-state index is 13.1. The zero-order chi connectivity index (χ0) is 23.3. The second kappa shape index (κ2) is 10.3. The molecule has 2 aromatic carbocycles. The minimum Gasteiger partial charge on any atom is -0.478 e. The monoisotopic (exact) mass is 451 g/mol. The van der Waals surface area contributed by atoms with Crippen molar-refractivity contribution in [3.05, 3.63) is 93.6 Å². The molecule has 0 aliphatic rings. The van der Waals surface area contributed by atoms with Crippen molar-refractivity contribution < 1.29 is 14.7 Å². The van der Waals surface area contributed by atoms with Gasteiger partial charge in [0.25, 0.3) is 5.91 Å². The minimum absolute atomic E-state index is 0.197. The van der Waals surface area contributed by atoms with Crippen LogP contribution in [-0.4, -0.2) is 29.0 Å². The molecule has 7 heteroatoms. The van der Waals surface area contributed by atoms with E-state index in [-0.39, 0.29) is 17.5 Å². The Morgan fingerprint density at radius 2 is 1.81 bits per heavy atom. The number of carboxylic acids is 1. The first kappa shape index (κ1) is 23.3. The number of pyridine rings is 1. The van der Waals surface area contributed by atoms with Crippen LogP contribution in [0.1, 0.15) is 57.3 Å². The number of benzene rings is 2. The van der Waals surface area contributed by atoms with E-state index in [1.54, 1.807) is 18.2 Å². The molecule has 166 valence electrons. The van der Waals surface area contributed by atoms with E-state index in [2.05, 4.69) is 29.4 Å². The number of amides is 1. The fraction of sp³-hybridized carbons (Fsp3) is 0.240.